The van der Waals surface area contributed by atoms with Gasteiger partial charge in [-0.25, -0.2) is 9.69 Å². The smallest absolute Gasteiger partial charge is 0.422 e. The molecule has 1 aliphatic rings. The second-order valence-corrected chi connectivity index (χ2v) is 6.03. The van der Waals surface area contributed by atoms with E-state index in [4.69, 9.17) is 0 Å². The number of nitrogens with one attached hydrogen (secondary N) is 1. The predicted molar refractivity (Wildman–Crippen MR) is 87.4 cm³/mol. The number of imide groups is 1. The van der Waals surface area contributed by atoms with Crippen LogP contribution in [-0.2, 0) is 4.79 Å². The van der Waals surface area contributed by atoms with E-state index in [2.05, 4.69) is 9.73 Å². The van der Waals surface area contributed by atoms with Gasteiger partial charge >= 0.3 is 12.2 Å². The SMILES string of the molecule is CC([NH+]=C1C(C#N)C(=O)N(C)C(=O)N1C)c1ccc(OCC(F)(F)F)cc1. The normalized spacial score (nSPS) is 20.6. The molecule has 7 nitrogen and oxygen atoms in total. The molecule has 1 fully saturated rings. The first-order valence-corrected chi connectivity index (χ1v) is 7.93. The van der Waals surface area contributed by atoms with Crippen LogP contribution >= 0.6 is 0 Å². The molecule has 0 aromatic heterocycles. The largest absolute Gasteiger partial charge is 0.484 e. The molecule has 1 saturated heterocycles. The molecule has 0 radical (unpaired) electrons. The van der Waals surface area contributed by atoms with Gasteiger partial charge in [-0.3, -0.25) is 9.79 Å². The van der Waals surface area contributed by atoms with E-state index < -0.39 is 36.7 Å². The summed E-state index contributed by atoms with van der Waals surface area (Å²) >= 11 is 0. The maximum absolute atomic E-state index is 12.2. The number of benzene rings is 1. The van der Waals surface area contributed by atoms with E-state index in [9.17, 15) is 28.0 Å². The number of nitriles is 1. The molecule has 1 aliphatic heterocycles. The topological polar surface area (TPSA) is 87.6 Å². The van der Waals surface area contributed by atoms with Crippen molar-refractivity contribution in [2.75, 3.05) is 20.7 Å². The van der Waals surface area contributed by atoms with Gasteiger partial charge in [0.1, 0.15) is 11.8 Å². The first-order valence-electron chi connectivity index (χ1n) is 7.93. The Morgan fingerprint density at radius 1 is 1.22 bits per heavy atom. The number of urea groups is 1. The average Bonchev–Trinajstić information content (AvgIpc) is 2.62. The van der Waals surface area contributed by atoms with Gasteiger partial charge in [0.2, 0.25) is 5.92 Å². The molecule has 1 heterocycles. The van der Waals surface area contributed by atoms with Crippen LogP contribution in [0.4, 0.5) is 18.0 Å². The minimum Gasteiger partial charge on any atom is -0.484 e. The van der Waals surface area contributed by atoms with Gasteiger partial charge in [0.15, 0.2) is 6.61 Å². The molecule has 2 unspecified atom stereocenters. The molecule has 2 atom stereocenters. The molecule has 10 heteroatoms. The standard InChI is InChI=1S/C17H17F3N4O3/c1-10(11-4-6-12(7-5-11)27-9-17(18,19)20)22-14-13(8-21)15(25)24(3)16(26)23(14)2/h4-7,10,13H,9H2,1-3H3/p+1. The summed E-state index contributed by atoms with van der Waals surface area (Å²) in [5, 5.41) is 9.29. The number of amidine groups is 1. The molecule has 1 N–H and O–H groups in total. The minimum atomic E-state index is -4.42. The molecule has 1 aromatic carbocycles. The Morgan fingerprint density at radius 2 is 1.81 bits per heavy atom. The maximum Gasteiger partial charge on any atom is 0.422 e. The molecule has 1 aromatic rings. The van der Waals surface area contributed by atoms with E-state index in [1.54, 1.807) is 19.1 Å². The Labute approximate surface area is 153 Å². The summed E-state index contributed by atoms with van der Waals surface area (Å²) in [6.07, 6.45) is -4.42. The van der Waals surface area contributed by atoms with Crippen LogP contribution in [0.5, 0.6) is 5.75 Å². The molecule has 144 valence electrons. The van der Waals surface area contributed by atoms with Crippen molar-refractivity contribution in [1.29, 1.82) is 5.26 Å². The monoisotopic (exact) mass is 383 g/mol. The molecule has 0 spiro atoms. The lowest BCUT2D eigenvalue weighted by atomic mass is 10.0. The van der Waals surface area contributed by atoms with Crippen molar-refractivity contribution >= 4 is 17.8 Å². The Bertz CT molecular complexity index is 799. The highest BCUT2D eigenvalue weighted by Gasteiger charge is 2.47. The van der Waals surface area contributed by atoms with Crippen LogP contribution < -0.4 is 9.73 Å². The van der Waals surface area contributed by atoms with Gasteiger partial charge in [0.05, 0.1) is 13.1 Å². The number of carbonyl (C=O) groups excluding carboxylic acids is 2. The van der Waals surface area contributed by atoms with Crippen LogP contribution in [-0.4, -0.2) is 54.5 Å². The van der Waals surface area contributed by atoms with Crippen LogP contribution in [0, 0.1) is 17.2 Å². The van der Waals surface area contributed by atoms with E-state index in [0.717, 1.165) is 4.90 Å². The molecule has 0 saturated carbocycles. The lowest BCUT2D eigenvalue weighted by Gasteiger charge is -2.27. The van der Waals surface area contributed by atoms with Crippen molar-refractivity contribution in [3.8, 4) is 11.8 Å². The summed E-state index contributed by atoms with van der Waals surface area (Å²) in [4.78, 5) is 29.2. The third kappa shape index (κ3) is 4.55. The highest BCUT2D eigenvalue weighted by Crippen LogP contribution is 2.20. The van der Waals surface area contributed by atoms with E-state index >= 15 is 0 Å². The summed E-state index contributed by atoms with van der Waals surface area (Å²) in [7, 11) is 2.74. The Morgan fingerprint density at radius 3 is 2.33 bits per heavy atom. The third-order valence-corrected chi connectivity index (χ3v) is 4.06. The van der Waals surface area contributed by atoms with Crippen molar-refractivity contribution in [2.45, 2.75) is 19.1 Å². The maximum atomic E-state index is 12.2. The number of rotatable bonds is 4. The summed E-state index contributed by atoms with van der Waals surface area (Å²) in [5.41, 5.74) is 0.672. The fraction of sp³-hybridized carbons (Fsp3) is 0.412. The first-order chi connectivity index (χ1) is 12.5. The van der Waals surface area contributed by atoms with E-state index in [0.29, 0.717) is 5.56 Å². The van der Waals surface area contributed by atoms with Gasteiger partial charge in [-0.2, -0.15) is 23.3 Å². The van der Waals surface area contributed by atoms with Gasteiger partial charge in [0, 0.05) is 7.05 Å². The van der Waals surface area contributed by atoms with Crippen LogP contribution in [0.1, 0.15) is 18.5 Å². The van der Waals surface area contributed by atoms with Crippen LogP contribution in [0.2, 0.25) is 0 Å². The zero-order chi connectivity index (χ0) is 20.4. The third-order valence-electron chi connectivity index (χ3n) is 4.06. The summed E-state index contributed by atoms with van der Waals surface area (Å²) < 4.78 is 41.2. The fourth-order valence-electron chi connectivity index (χ4n) is 2.55. The number of hydrogen-bond acceptors (Lipinski definition) is 4. The number of amides is 3. The van der Waals surface area contributed by atoms with E-state index in [1.165, 1.54) is 31.1 Å². The van der Waals surface area contributed by atoms with Crippen LogP contribution in [0.15, 0.2) is 24.3 Å². The van der Waals surface area contributed by atoms with Crippen LogP contribution in [0.3, 0.4) is 0 Å². The van der Waals surface area contributed by atoms with Crippen molar-refractivity contribution in [2.24, 2.45) is 5.92 Å². The molecule has 0 aliphatic carbocycles. The highest BCUT2D eigenvalue weighted by molar-refractivity contribution is 6.17. The summed E-state index contributed by atoms with van der Waals surface area (Å²) in [6, 6.07) is 6.78. The highest BCUT2D eigenvalue weighted by atomic mass is 19.4. The molecule has 0 bridgehead atoms. The summed E-state index contributed by atoms with van der Waals surface area (Å²) in [5.74, 6) is -1.58. The Hall–Kier alpha value is -3.09. The quantitative estimate of drug-likeness (QED) is 0.834. The lowest BCUT2D eigenvalue weighted by Crippen LogP contribution is -2.81. The van der Waals surface area contributed by atoms with Gasteiger partial charge in [0.25, 0.3) is 11.7 Å². The van der Waals surface area contributed by atoms with E-state index in [1.807, 2.05) is 6.07 Å². The molecule has 2 rings (SSSR count). The number of hydrogen-bond donors (Lipinski definition) is 1. The van der Waals surface area contributed by atoms with Crippen molar-refractivity contribution in [3.05, 3.63) is 29.8 Å². The fourth-order valence-corrected chi connectivity index (χ4v) is 2.55. The summed E-state index contributed by atoms with van der Waals surface area (Å²) in [6.45, 7) is 0.346. The van der Waals surface area contributed by atoms with Gasteiger partial charge in [-0.1, -0.05) is 12.1 Å². The number of halogens is 3. The molecule has 27 heavy (non-hydrogen) atoms. The zero-order valence-electron chi connectivity index (χ0n) is 14.9. The van der Waals surface area contributed by atoms with E-state index in [-0.39, 0.29) is 11.6 Å². The molecular formula is C17H18F3N4O3+. The van der Waals surface area contributed by atoms with Gasteiger partial charge in [-0.05, 0) is 24.6 Å². The predicted octanol–water partition coefficient (Wildman–Crippen LogP) is 0.831. The minimum absolute atomic E-state index is 0.0626. The first kappa shape index (κ1) is 20.2. The number of carbonyl (C=O) groups is 2. The lowest BCUT2D eigenvalue weighted by molar-refractivity contribution is -0.511. The number of ether oxygens (including phenoxy) is 1. The van der Waals surface area contributed by atoms with Crippen molar-refractivity contribution < 1.29 is 32.5 Å². The van der Waals surface area contributed by atoms with Gasteiger partial charge in [-0.15, -0.1) is 0 Å². The Balaban J connectivity index is 2.21. The number of nitrogens with zero attached hydrogens (tertiary/aromatic N) is 3. The molecule has 3 amide bonds. The second-order valence-electron chi connectivity index (χ2n) is 6.03. The van der Waals surface area contributed by atoms with Crippen molar-refractivity contribution in [3.63, 3.8) is 0 Å². The van der Waals surface area contributed by atoms with Crippen LogP contribution in [0.25, 0.3) is 0 Å². The average molecular weight is 383 g/mol. The van der Waals surface area contributed by atoms with Crippen molar-refractivity contribution in [1.82, 2.24) is 9.80 Å². The molecular weight excluding hydrogens is 365 g/mol. The second kappa shape index (κ2) is 7.65. The van der Waals surface area contributed by atoms with Gasteiger partial charge < -0.3 is 4.74 Å². The number of alkyl halides is 3. The Kier molecular flexibility index (Phi) is 5.73. The zero-order valence-corrected chi connectivity index (χ0v) is 14.9.